The highest BCUT2D eigenvalue weighted by Crippen LogP contribution is 2.11. The van der Waals surface area contributed by atoms with Crippen LogP contribution in [0, 0.1) is 0 Å². The van der Waals surface area contributed by atoms with Gasteiger partial charge < -0.3 is 15.7 Å². The van der Waals surface area contributed by atoms with Crippen molar-refractivity contribution >= 4 is 34.4 Å². The fourth-order valence-electron chi connectivity index (χ4n) is 0.666. The minimum absolute atomic E-state index is 0.206. The Morgan fingerprint density at radius 3 is 3.00 bits per heavy atom. The fourth-order valence-corrected chi connectivity index (χ4v) is 1.21. The maximum atomic E-state index is 10.4. The molecule has 1 radical (unpaired) electrons. The first kappa shape index (κ1) is 11.1. The van der Waals surface area contributed by atoms with E-state index in [0.29, 0.717) is 0 Å². The van der Waals surface area contributed by atoms with E-state index in [0.717, 1.165) is 11.3 Å². The predicted octanol–water partition coefficient (Wildman–Crippen LogP) is -0.360. The average molecular weight is 228 g/mol. The molecule has 0 saturated carbocycles. The van der Waals surface area contributed by atoms with Crippen molar-refractivity contribution in [1.29, 1.82) is 0 Å². The lowest BCUT2D eigenvalue weighted by Crippen LogP contribution is -2.08. The van der Waals surface area contributed by atoms with Gasteiger partial charge in [0.1, 0.15) is 5.69 Å². The predicted molar refractivity (Wildman–Crippen MR) is 52.3 cm³/mol. The highest BCUT2D eigenvalue weighted by atomic mass is 32.1. The van der Waals surface area contributed by atoms with Gasteiger partial charge in [0.25, 0.3) is 6.29 Å². The van der Waals surface area contributed by atoms with Crippen LogP contribution in [-0.4, -0.2) is 34.7 Å². The second kappa shape index (κ2) is 5.05. The summed E-state index contributed by atoms with van der Waals surface area (Å²) in [6.07, 6.45) is 1.48. The number of thiazole rings is 1. The summed E-state index contributed by atoms with van der Waals surface area (Å²) >= 11 is 1.12. The van der Waals surface area contributed by atoms with E-state index in [1.54, 1.807) is 0 Å². The van der Waals surface area contributed by atoms with Crippen LogP contribution in [0.4, 0.5) is 5.13 Å². The summed E-state index contributed by atoms with van der Waals surface area (Å²) in [6, 6.07) is 0. The molecule has 0 aliphatic heterocycles. The zero-order chi connectivity index (χ0) is 11.3. The number of aliphatic carboxylic acids is 1. The van der Waals surface area contributed by atoms with E-state index in [4.69, 9.17) is 10.8 Å². The van der Waals surface area contributed by atoms with E-state index >= 15 is 0 Å². The summed E-state index contributed by atoms with van der Waals surface area (Å²) in [5.41, 5.74) is 5.32. The van der Waals surface area contributed by atoms with E-state index < -0.39 is 12.6 Å². The standard InChI is InChI=1S/C7H6N3O4S/c8-7-9-5(3-15-7)4(1-11)10-14-2-6(12)13/h3H,2H2,(H2,8,9)(H,12,13)/b10-4-. The largest absolute Gasteiger partial charge is 0.479 e. The lowest BCUT2D eigenvalue weighted by Gasteiger charge is -1.94. The van der Waals surface area contributed by atoms with Gasteiger partial charge in [0.2, 0.25) is 6.61 Å². The lowest BCUT2D eigenvalue weighted by atomic mass is 10.3. The summed E-state index contributed by atoms with van der Waals surface area (Å²) in [5, 5.41) is 13.3. The topological polar surface area (TPSA) is 115 Å². The molecule has 79 valence electrons. The van der Waals surface area contributed by atoms with Gasteiger partial charge in [0.15, 0.2) is 10.8 Å². The number of hydrogen-bond acceptors (Lipinski definition) is 7. The lowest BCUT2D eigenvalue weighted by molar-refractivity contribution is -0.142. The molecular formula is C7H6N3O4S. The van der Waals surface area contributed by atoms with Crippen molar-refractivity contribution in [3.63, 3.8) is 0 Å². The summed E-state index contributed by atoms with van der Waals surface area (Å²) in [5.74, 6) is -1.19. The van der Waals surface area contributed by atoms with Crippen LogP contribution in [0.25, 0.3) is 0 Å². The Labute approximate surface area is 88.2 Å². The zero-order valence-corrected chi connectivity index (χ0v) is 8.15. The molecule has 1 heterocycles. The van der Waals surface area contributed by atoms with Crippen LogP contribution >= 0.6 is 11.3 Å². The van der Waals surface area contributed by atoms with Gasteiger partial charge in [-0.15, -0.1) is 11.3 Å². The molecule has 0 aliphatic carbocycles. The molecular weight excluding hydrogens is 222 g/mol. The van der Waals surface area contributed by atoms with E-state index in [-0.39, 0.29) is 16.5 Å². The summed E-state index contributed by atoms with van der Waals surface area (Å²) in [4.78, 5) is 28.6. The van der Waals surface area contributed by atoms with Crippen molar-refractivity contribution in [2.45, 2.75) is 0 Å². The third-order valence-electron chi connectivity index (χ3n) is 1.21. The Kier molecular flexibility index (Phi) is 3.75. The second-order valence-corrected chi connectivity index (χ2v) is 3.17. The molecule has 1 aromatic rings. The number of hydrogen-bond donors (Lipinski definition) is 2. The summed E-state index contributed by atoms with van der Waals surface area (Å²) < 4.78 is 0. The number of carboxylic acids is 1. The Morgan fingerprint density at radius 1 is 1.80 bits per heavy atom. The molecule has 1 rings (SSSR count). The molecule has 0 amide bonds. The molecule has 0 spiro atoms. The molecule has 0 unspecified atom stereocenters. The molecule has 0 saturated heterocycles. The molecule has 8 heteroatoms. The van der Waals surface area contributed by atoms with Gasteiger partial charge in [0.05, 0.1) is 0 Å². The van der Waals surface area contributed by atoms with Crippen LogP contribution in [0.1, 0.15) is 5.69 Å². The number of carbonyl (C=O) groups excluding carboxylic acids is 1. The van der Waals surface area contributed by atoms with E-state index in [2.05, 4.69) is 15.0 Å². The van der Waals surface area contributed by atoms with Crippen LogP contribution in [0.2, 0.25) is 0 Å². The molecule has 0 bridgehead atoms. The maximum absolute atomic E-state index is 10.4. The van der Waals surface area contributed by atoms with Gasteiger partial charge in [0, 0.05) is 5.38 Å². The minimum Gasteiger partial charge on any atom is -0.479 e. The second-order valence-electron chi connectivity index (χ2n) is 2.28. The number of oxime groups is 1. The quantitative estimate of drug-likeness (QED) is 0.525. The number of nitrogen functional groups attached to an aromatic ring is 1. The Bertz CT molecular complexity index is 401. The molecule has 0 aliphatic rings. The Morgan fingerprint density at radius 2 is 2.53 bits per heavy atom. The van der Waals surface area contributed by atoms with Crippen LogP contribution in [0.3, 0.4) is 0 Å². The Hall–Kier alpha value is -1.96. The first-order chi connectivity index (χ1) is 7.13. The number of anilines is 1. The maximum Gasteiger partial charge on any atom is 0.344 e. The zero-order valence-electron chi connectivity index (χ0n) is 7.34. The first-order valence-electron chi connectivity index (χ1n) is 3.64. The highest BCUT2D eigenvalue weighted by molar-refractivity contribution is 7.13. The monoisotopic (exact) mass is 228 g/mol. The molecule has 15 heavy (non-hydrogen) atoms. The van der Waals surface area contributed by atoms with Gasteiger partial charge in [-0.25, -0.2) is 9.78 Å². The van der Waals surface area contributed by atoms with Crippen molar-refractivity contribution in [2.75, 3.05) is 12.3 Å². The van der Waals surface area contributed by atoms with Crippen molar-refractivity contribution in [2.24, 2.45) is 5.16 Å². The third kappa shape index (κ3) is 3.35. The van der Waals surface area contributed by atoms with Gasteiger partial charge in [-0.3, -0.25) is 4.79 Å². The number of carbonyl (C=O) groups is 1. The Balaban J connectivity index is 2.71. The van der Waals surface area contributed by atoms with Crippen molar-refractivity contribution in [1.82, 2.24) is 4.98 Å². The van der Waals surface area contributed by atoms with Crippen LogP contribution < -0.4 is 5.73 Å². The molecule has 0 fully saturated rings. The minimum atomic E-state index is -1.19. The number of aromatic nitrogens is 1. The van der Waals surface area contributed by atoms with E-state index in [1.807, 2.05) is 0 Å². The fraction of sp³-hybridized carbons (Fsp3) is 0.143. The SMILES string of the molecule is Nc1nc(/C([C]=O)=N\OCC(=O)O)cs1. The smallest absolute Gasteiger partial charge is 0.344 e. The number of rotatable bonds is 5. The van der Waals surface area contributed by atoms with Gasteiger partial charge in [-0.2, -0.15) is 0 Å². The third-order valence-corrected chi connectivity index (χ3v) is 1.88. The van der Waals surface area contributed by atoms with Gasteiger partial charge in [-0.05, 0) is 0 Å². The molecule has 3 N–H and O–H groups in total. The van der Waals surface area contributed by atoms with E-state index in [9.17, 15) is 9.59 Å². The number of nitrogens with two attached hydrogens (primary N) is 1. The summed E-state index contributed by atoms with van der Waals surface area (Å²) in [7, 11) is 0. The van der Waals surface area contributed by atoms with Crippen LogP contribution in [0.15, 0.2) is 10.5 Å². The molecule has 1 aromatic heterocycles. The number of nitrogens with zero attached hydrogens (tertiary/aromatic N) is 2. The van der Waals surface area contributed by atoms with E-state index in [1.165, 1.54) is 11.7 Å². The average Bonchev–Trinajstić information content (AvgIpc) is 2.59. The summed E-state index contributed by atoms with van der Waals surface area (Å²) in [6.45, 7) is -0.634. The molecule has 0 aromatic carbocycles. The van der Waals surface area contributed by atoms with Crippen LogP contribution in [0.5, 0.6) is 0 Å². The van der Waals surface area contributed by atoms with Crippen molar-refractivity contribution < 1.29 is 19.5 Å². The first-order valence-corrected chi connectivity index (χ1v) is 4.52. The van der Waals surface area contributed by atoms with Crippen molar-refractivity contribution in [3.8, 4) is 0 Å². The van der Waals surface area contributed by atoms with Gasteiger partial charge in [-0.1, -0.05) is 5.16 Å². The van der Waals surface area contributed by atoms with Crippen molar-refractivity contribution in [3.05, 3.63) is 11.1 Å². The highest BCUT2D eigenvalue weighted by Gasteiger charge is 2.09. The van der Waals surface area contributed by atoms with Gasteiger partial charge >= 0.3 is 5.97 Å². The van der Waals surface area contributed by atoms with Crippen LogP contribution in [-0.2, 0) is 14.4 Å². The molecule has 7 nitrogen and oxygen atoms in total. The molecule has 0 atom stereocenters. The normalized spacial score (nSPS) is 11.1. The number of carboxylic acid groups (broad SMARTS) is 1.